The van der Waals surface area contributed by atoms with Crippen molar-refractivity contribution in [3.05, 3.63) is 34.2 Å². The fraction of sp³-hybridized carbons (Fsp3) is 0.478. The zero-order valence-corrected chi connectivity index (χ0v) is 17.3. The van der Waals surface area contributed by atoms with Crippen LogP contribution in [0, 0.1) is 11.8 Å². The number of carbonyl (C=O) groups excluding carboxylic acids is 3. The molecule has 1 saturated heterocycles. The van der Waals surface area contributed by atoms with Crippen molar-refractivity contribution in [2.45, 2.75) is 63.8 Å². The summed E-state index contributed by atoms with van der Waals surface area (Å²) in [7, 11) is 1.68. The van der Waals surface area contributed by atoms with E-state index in [9.17, 15) is 19.2 Å². The summed E-state index contributed by atoms with van der Waals surface area (Å²) >= 11 is 0. The first kappa shape index (κ1) is 21.6. The Labute approximate surface area is 175 Å². The highest BCUT2D eigenvalue weighted by Gasteiger charge is 2.31. The van der Waals surface area contributed by atoms with Crippen LogP contribution in [0.2, 0.25) is 0 Å². The molecule has 1 aromatic heterocycles. The lowest BCUT2D eigenvalue weighted by Gasteiger charge is -2.21. The van der Waals surface area contributed by atoms with Crippen molar-refractivity contribution >= 4 is 29.1 Å². The topological polar surface area (TPSA) is 90.2 Å². The van der Waals surface area contributed by atoms with Gasteiger partial charge in [0.15, 0.2) is 0 Å². The molecule has 1 aliphatic heterocycles. The molecule has 0 bridgehead atoms. The molecule has 1 atom stereocenters. The third kappa shape index (κ3) is 4.70. The Hall–Kier alpha value is -3.14. The van der Waals surface area contributed by atoms with E-state index >= 15 is 0 Å². The Morgan fingerprint density at radius 1 is 1.13 bits per heavy atom. The maximum Gasteiger partial charge on any atom is 0.329 e. The molecule has 0 spiro atoms. The highest BCUT2D eigenvalue weighted by Crippen LogP contribution is 2.24. The van der Waals surface area contributed by atoms with E-state index in [2.05, 4.69) is 17.2 Å². The number of imide groups is 1. The summed E-state index contributed by atoms with van der Waals surface area (Å²) in [5, 5.41) is 2.32. The fourth-order valence-corrected chi connectivity index (χ4v) is 3.90. The smallest absolute Gasteiger partial charge is 0.303 e. The van der Waals surface area contributed by atoms with Gasteiger partial charge in [0.1, 0.15) is 12.3 Å². The number of unbranched alkanes of at least 4 members (excludes halogenated alkanes) is 6. The molecule has 7 heteroatoms. The summed E-state index contributed by atoms with van der Waals surface area (Å²) in [5.74, 6) is 5.62. The van der Waals surface area contributed by atoms with Crippen molar-refractivity contribution in [3.8, 4) is 11.8 Å². The van der Waals surface area contributed by atoms with Crippen LogP contribution in [0.5, 0.6) is 0 Å². The number of aromatic nitrogens is 2. The Kier molecular flexibility index (Phi) is 7.23. The van der Waals surface area contributed by atoms with Crippen LogP contribution in [0.25, 0.3) is 11.0 Å². The van der Waals surface area contributed by atoms with Crippen LogP contribution in [-0.2, 0) is 21.4 Å². The first-order valence-electron chi connectivity index (χ1n) is 10.5. The Bertz CT molecular complexity index is 1070. The van der Waals surface area contributed by atoms with Gasteiger partial charge in [-0.15, -0.1) is 0 Å². The van der Waals surface area contributed by atoms with Gasteiger partial charge in [0.25, 0.3) is 0 Å². The maximum atomic E-state index is 12.9. The minimum absolute atomic E-state index is 0.216. The van der Waals surface area contributed by atoms with Crippen molar-refractivity contribution in [1.29, 1.82) is 0 Å². The van der Waals surface area contributed by atoms with Gasteiger partial charge in [-0.25, -0.2) is 4.79 Å². The van der Waals surface area contributed by atoms with E-state index in [0.29, 0.717) is 23.9 Å². The third-order valence-corrected chi connectivity index (χ3v) is 5.47. The number of piperidine rings is 1. The highest BCUT2D eigenvalue weighted by atomic mass is 16.2. The second-order valence-corrected chi connectivity index (χ2v) is 7.63. The van der Waals surface area contributed by atoms with Crippen LogP contribution in [0.4, 0.5) is 0 Å². The molecule has 7 nitrogen and oxygen atoms in total. The molecule has 158 valence electrons. The number of hydrogen-bond acceptors (Lipinski definition) is 4. The van der Waals surface area contributed by atoms with Crippen molar-refractivity contribution in [3.63, 3.8) is 0 Å². The molecule has 2 aromatic rings. The minimum atomic E-state index is -0.693. The number of fused-ring (bicyclic) bond motifs is 1. The average molecular weight is 409 g/mol. The van der Waals surface area contributed by atoms with Crippen LogP contribution in [0.1, 0.15) is 69.4 Å². The molecule has 0 radical (unpaired) electrons. The van der Waals surface area contributed by atoms with Crippen LogP contribution < -0.4 is 11.0 Å². The Balaban J connectivity index is 1.75. The molecule has 1 unspecified atom stereocenters. The lowest BCUT2D eigenvalue weighted by molar-refractivity contribution is -0.135. The fourth-order valence-electron chi connectivity index (χ4n) is 3.90. The summed E-state index contributed by atoms with van der Waals surface area (Å²) < 4.78 is 3.00. The monoisotopic (exact) mass is 409 g/mol. The van der Waals surface area contributed by atoms with Crippen molar-refractivity contribution in [2.75, 3.05) is 0 Å². The van der Waals surface area contributed by atoms with Crippen LogP contribution in [-0.4, -0.2) is 27.2 Å². The number of nitrogens with zero attached hydrogens (tertiary/aromatic N) is 2. The molecule has 30 heavy (non-hydrogen) atoms. The largest absolute Gasteiger partial charge is 0.329 e. The van der Waals surface area contributed by atoms with Crippen molar-refractivity contribution < 1.29 is 14.4 Å². The molecule has 1 fully saturated rings. The molecule has 0 saturated carbocycles. The summed E-state index contributed by atoms with van der Waals surface area (Å²) in [6.45, 7) is 0. The summed E-state index contributed by atoms with van der Waals surface area (Å²) in [5.41, 5.74) is 1.82. The summed E-state index contributed by atoms with van der Waals surface area (Å²) in [6.07, 6.45) is 8.12. The minimum Gasteiger partial charge on any atom is -0.303 e. The second-order valence-electron chi connectivity index (χ2n) is 7.63. The van der Waals surface area contributed by atoms with Gasteiger partial charge in [-0.3, -0.25) is 24.0 Å². The van der Waals surface area contributed by atoms with E-state index in [1.165, 1.54) is 9.13 Å². The summed E-state index contributed by atoms with van der Waals surface area (Å²) in [6, 6.07) is 4.83. The number of para-hydroxylation sites is 1. The maximum absolute atomic E-state index is 12.9. The molecule has 3 rings (SSSR count). The number of rotatable bonds is 8. The first-order valence-corrected chi connectivity index (χ1v) is 10.5. The molecule has 0 aliphatic carbocycles. The first-order chi connectivity index (χ1) is 14.5. The number of aldehydes is 1. The van der Waals surface area contributed by atoms with Gasteiger partial charge in [-0.2, -0.15) is 0 Å². The van der Waals surface area contributed by atoms with Gasteiger partial charge in [-0.1, -0.05) is 37.2 Å². The molecule has 2 heterocycles. The lowest BCUT2D eigenvalue weighted by Crippen LogP contribution is -2.44. The van der Waals surface area contributed by atoms with Gasteiger partial charge in [-0.05, 0) is 31.4 Å². The van der Waals surface area contributed by atoms with E-state index in [-0.39, 0.29) is 18.0 Å². The molecule has 1 N–H and O–H groups in total. The number of aryl methyl sites for hydroxylation is 1. The van der Waals surface area contributed by atoms with Crippen molar-refractivity contribution in [2.24, 2.45) is 7.05 Å². The third-order valence-electron chi connectivity index (χ3n) is 5.47. The van der Waals surface area contributed by atoms with Crippen LogP contribution in [0.15, 0.2) is 23.0 Å². The van der Waals surface area contributed by atoms with E-state index in [1.807, 2.05) is 18.2 Å². The van der Waals surface area contributed by atoms with Crippen LogP contribution in [0.3, 0.4) is 0 Å². The normalized spacial score (nSPS) is 16.2. The number of carbonyl (C=O) groups is 3. The predicted octanol–water partition coefficient (Wildman–Crippen LogP) is 2.60. The van der Waals surface area contributed by atoms with Crippen molar-refractivity contribution in [1.82, 2.24) is 14.5 Å². The Morgan fingerprint density at radius 3 is 2.67 bits per heavy atom. The van der Waals surface area contributed by atoms with E-state index in [0.717, 1.165) is 50.4 Å². The van der Waals surface area contributed by atoms with Gasteiger partial charge in [0.05, 0.1) is 16.6 Å². The standard InChI is InChI=1S/C23H27N3O4/c1-25-21-17(11-8-6-4-2-3-5-7-9-16-27)12-10-13-18(21)26(23(25)30)19-14-15-20(28)24-22(19)29/h10,12-13,16,19H,2-7,9,14-15H2,1H3,(H,24,28,29). The zero-order chi connectivity index (χ0) is 21.5. The van der Waals surface area contributed by atoms with Gasteiger partial charge < -0.3 is 4.79 Å². The molecule has 2 amide bonds. The number of benzene rings is 1. The summed E-state index contributed by atoms with van der Waals surface area (Å²) in [4.78, 5) is 46.9. The number of hydrogen-bond donors (Lipinski definition) is 1. The van der Waals surface area contributed by atoms with E-state index in [1.54, 1.807) is 7.05 Å². The SMILES string of the molecule is Cn1c(=O)n(C2CCC(=O)NC2=O)c2cccc(C#CCCCCCCCC=O)c21. The zero-order valence-electron chi connectivity index (χ0n) is 17.3. The quantitative estimate of drug-likeness (QED) is 0.314. The highest BCUT2D eigenvalue weighted by molar-refractivity contribution is 6.00. The van der Waals surface area contributed by atoms with Gasteiger partial charge >= 0.3 is 5.69 Å². The predicted molar refractivity (Wildman–Crippen MR) is 114 cm³/mol. The number of nitrogens with one attached hydrogen (secondary N) is 1. The molecular formula is C23H27N3O4. The van der Waals surface area contributed by atoms with E-state index < -0.39 is 11.9 Å². The molecule has 1 aliphatic rings. The lowest BCUT2D eigenvalue weighted by atomic mass is 10.1. The number of imidazole rings is 1. The second kappa shape index (κ2) is 10.1. The Morgan fingerprint density at radius 2 is 1.90 bits per heavy atom. The van der Waals surface area contributed by atoms with Gasteiger partial charge in [0.2, 0.25) is 11.8 Å². The molecule has 1 aromatic carbocycles. The molecular weight excluding hydrogens is 382 g/mol. The average Bonchev–Trinajstić information content (AvgIpc) is 2.98. The van der Waals surface area contributed by atoms with Gasteiger partial charge in [0, 0.05) is 26.3 Å². The van der Waals surface area contributed by atoms with Crippen LogP contribution >= 0.6 is 0 Å². The number of amides is 2. The van der Waals surface area contributed by atoms with E-state index in [4.69, 9.17) is 0 Å².